The third-order valence-electron chi connectivity index (χ3n) is 2.16. The minimum Gasteiger partial charge on any atom is -0.449 e. The van der Waals surface area contributed by atoms with E-state index in [2.05, 4.69) is 16.9 Å². The van der Waals surface area contributed by atoms with Gasteiger partial charge in [0.05, 0.1) is 4.92 Å². The van der Waals surface area contributed by atoms with E-state index in [4.69, 9.17) is 5.11 Å². The van der Waals surface area contributed by atoms with E-state index in [1.165, 1.54) is 31.4 Å². The first kappa shape index (κ1) is 13.7. The van der Waals surface area contributed by atoms with E-state index >= 15 is 0 Å². The maximum absolute atomic E-state index is 10.2. The van der Waals surface area contributed by atoms with E-state index in [9.17, 15) is 14.9 Å². The molecule has 0 spiro atoms. The second kappa shape index (κ2) is 7.05. The molecule has 96 valence electrons. The topological polar surface area (TPSA) is 89.7 Å². The van der Waals surface area contributed by atoms with Crippen molar-refractivity contribution < 1.29 is 19.6 Å². The molecule has 1 aliphatic rings. The molecular formula is C12H13NO5. The quantitative estimate of drug-likeness (QED) is 0.286. The summed E-state index contributed by atoms with van der Waals surface area (Å²) in [7, 11) is 0. The number of rotatable bonds is 2. The van der Waals surface area contributed by atoms with Crippen LogP contribution in [0.4, 0.5) is 10.5 Å². The fourth-order valence-electron chi connectivity index (χ4n) is 1.33. The van der Waals surface area contributed by atoms with Gasteiger partial charge < -0.3 is 9.84 Å². The molecule has 0 aromatic heterocycles. The summed E-state index contributed by atoms with van der Waals surface area (Å²) >= 11 is 0. The lowest BCUT2D eigenvalue weighted by Gasteiger charge is -1.97. The highest BCUT2D eigenvalue weighted by Crippen LogP contribution is 2.17. The van der Waals surface area contributed by atoms with Crippen molar-refractivity contribution in [3.05, 3.63) is 46.5 Å². The van der Waals surface area contributed by atoms with Crippen molar-refractivity contribution in [2.45, 2.75) is 19.3 Å². The Morgan fingerprint density at radius 2 is 1.78 bits per heavy atom. The van der Waals surface area contributed by atoms with E-state index in [0.29, 0.717) is 0 Å². The van der Waals surface area contributed by atoms with E-state index in [1.54, 1.807) is 0 Å². The summed E-state index contributed by atoms with van der Waals surface area (Å²) < 4.78 is 4.24. The van der Waals surface area contributed by atoms with Gasteiger partial charge in [-0.05, 0) is 31.4 Å². The maximum Gasteiger partial charge on any atom is 0.511 e. The second-order valence-corrected chi connectivity index (χ2v) is 3.52. The maximum atomic E-state index is 10.2. The lowest BCUT2D eigenvalue weighted by Crippen LogP contribution is -2.02. The van der Waals surface area contributed by atoms with E-state index in [0.717, 1.165) is 12.1 Å². The van der Waals surface area contributed by atoms with E-state index in [-0.39, 0.29) is 11.4 Å². The fraction of sp³-hybridized carbons (Fsp3) is 0.250. The van der Waals surface area contributed by atoms with Crippen LogP contribution in [0.3, 0.4) is 0 Å². The van der Waals surface area contributed by atoms with Gasteiger partial charge in [-0.3, -0.25) is 10.1 Å². The number of allylic oxidation sites excluding steroid dienone is 2. The van der Waals surface area contributed by atoms with Gasteiger partial charge in [0.25, 0.3) is 5.69 Å². The molecule has 0 unspecified atom stereocenters. The minimum atomic E-state index is -1.45. The van der Waals surface area contributed by atoms with Crippen molar-refractivity contribution in [3.8, 4) is 5.75 Å². The largest absolute Gasteiger partial charge is 0.511 e. The van der Waals surface area contributed by atoms with Crippen LogP contribution < -0.4 is 4.74 Å². The Balaban J connectivity index is 0.000000269. The number of nitro groups is 1. The Hall–Kier alpha value is -2.37. The molecule has 0 heterocycles. The van der Waals surface area contributed by atoms with Gasteiger partial charge in [0.1, 0.15) is 5.75 Å². The molecule has 6 nitrogen and oxygen atoms in total. The second-order valence-electron chi connectivity index (χ2n) is 3.52. The van der Waals surface area contributed by atoms with Crippen LogP contribution in [-0.4, -0.2) is 16.2 Å². The van der Waals surface area contributed by atoms with Crippen molar-refractivity contribution >= 4 is 11.8 Å². The molecule has 1 aromatic rings. The van der Waals surface area contributed by atoms with Crippen LogP contribution in [0.5, 0.6) is 5.75 Å². The highest BCUT2D eigenvalue weighted by Gasteiger charge is 2.05. The first-order valence-electron chi connectivity index (χ1n) is 5.40. The highest BCUT2D eigenvalue weighted by molar-refractivity contribution is 5.61. The van der Waals surface area contributed by atoms with Crippen LogP contribution in [-0.2, 0) is 0 Å². The number of ether oxygens (including phenoxy) is 1. The number of benzene rings is 1. The van der Waals surface area contributed by atoms with Crippen molar-refractivity contribution in [2.24, 2.45) is 0 Å². The average Bonchev–Trinajstić information content (AvgIpc) is 2.87. The zero-order chi connectivity index (χ0) is 13.4. The Bertz CT molecular complexity index is 432. The summed E-state index contributed by atoms with van der Waals surface area (Å²) in [6.45, 7) is 0. The predicted octanol–water partition coefficient (Wildman–Crippen LogP) is 3.38. The third kappa shape index (κ3) is 5.11. The third-order valence-corrected chi connectivity index (χ3v) is 2.16. The number of non-ortho nitro benzene ring substituents is 1. The summed E-state index contributed by atoms with van der Waals surface area (Å²) in [4.78, 5) is 19.6. The SMILES string of the molecule is C1=CCCC1.O=C(O)Oc1ccc([N+](=O)[O-])cc1. The number of nitro benzene ring substituents is 1. The predicted molar refractivity (Wildman–Crippen MR) is 64.7 cm³/mol. The molecule has 0 radical (unpaired) electrons. The zero-order valence-electron chi connectivity index (χ0n) is 9.61. The molecule has 0 saturated heterocycles. The van der Waals surface area contributed by atoms with Crippen molar-refractivity contribution in [1.29, 1.82) is 0 Å². The number of carbonyl (C=O) groups is 1. The Morgan fingerprint density at radius 3 is 2.11 bits per heavy atom. The monoisotopic (exact) mass is 251 g/mol. The number of hydrogen-bond acceptors (Lipinski definition) is 4. The van der Waals surface area contributed by atoms with Crippen LogP contribution in [0, 0.1) is 10.1 Å². The van der Waals surface area contributed by atoms with Gasteiger partial charge >= 0.3 is 6.16 Å². The smallest absolute Gasteiger partial charge is 0.449 e. The van der Waals surface area contributed by atoms with Crippen molar-refractivity contribution in [2.75, 3.05) is 0 Å². The van der Waals surface area contributed by atoms with E-state index < -0.39 is 11.1 Å². The number of nitrogens with zero attached hydrogens (tertiary/aromatic N) is 1. The Labute approximate surface area is 104 Å². The van der Waals surface area contributed by atoms with Crippen LogP contribution in [0.1, 0.15) is 19.3 Å². The number of hydrogen-bond donors (Lipinski definition) is 1. The molecule has 0 saturated carbocycles. The molecule has 1 N–H and O–H groups in total. The Morgan fingerprint density at radius 1 is 1.22 bits per heavy atom. The molecule has 18 heavy (non-hydrogen) atoms. The number of carboxylic acid groups (broad SMARTS) is 1. The van der Waals surface area contributed by atoms with Crippen molar-refractivity contribution in [3.63, 3.8) is 0 Å². The molecule has 0 amide bonds. The fourth-order valence-corrected chi connectivity index (χ4v) is 1.33. The summed E-state index contributed by atoms with van der Waals surface area (Å²) in [5.74, 6) is 0.0538. The van der Waals surface area contributed by atoms with Gasteiger partial charge in [0.2, 0.25) is 0 Å². The van der Waals surface area contributed by atoms with Crippen LogP contribution in [0.2, 0.25) is 0 Å². The zero-order valence-corrected chi connectivity index (χ0v) is 9.61. The van der Waals surface area contributed by atoms with Gasteiger partial charge in [0.15, 0.2) is 0 Å². The normalized spacial score (nSPS) is 12.4. The highest BCUT2D eigenvalue weighted by atomic mass is 16.7. The standard InChI is InChI=1S/C7H5NO5.C5H8/c9-7(10)13-6-3-1-5(2-4-6)8(11)12;1-2-4-5-3-1/h1-4H,(H,9,10);1-2H,3-5H2. The van der Waals surface area contributed by atoms with Gasteiger partial charge in [-0.25, -0.2) is 4.79 Å². The molecule has 0 bridgehead atoms. The summed E-state index contributed by atoms with van der Waals surface area (Å²) in [6, 6.07) is 4.76. The first-order valence-corrected chi connectivity index (χ1v) is 5.40. The molecule has 6 heteroatoms. The average molecular weight is 251 g/mol. The summed E-state index contributed by atoms with van der Waals surface area (Å²) in [5, 5.41) is 18.4. The molecule has 0 aliphatic heterocycles. The van der Waals surface area contributed by atoms with Crippen molar-refractivity contribution in [1.82, 2.24) is 0 Å². The Kier molecular flexibility index (Phi) is 5.37. The van der Waals surface area contributed by atoms with Gasteiger partial charge in [-0.2, -0.15) is 0 Å². The molecule has 1 aromatic carbocycles. The lowest BCUT2D eigenvalue weighted by molar-refractivity contribution is -0.384. The molecule has 1 aliphatic carbocycles. The van der Waals surface area contributed by atoms with Gasteiger partial charge in [0, 0.05) is 12.1 Å². The molecule has 0 fully saturated rings. The molecular weight excluding hydrogens is 238 g/mol. The van der Waals surface area contributed by atoms with Gasteiger partial charge in [-0.1, -0.05) is 12.2 Å². The van der Waals surface area contributed by atoms with Crippen LogP contribution >= 0.6 is 0 Å². The van der Waals surface area contributed by atoms with Crippen LogP contribution in [0.25, 0.3) is 0 Å². The summed E-state index contributed by atoms with van der Waals surface area (Å²) in [6.07, 6.45) is 7.05. The minimum absolute atomic E-state index is 0.0538. The summed E-state index contributed by atoms with van der Waals surface area (Å²) in [5.41, 5.74) is -0.113. The first-order chi connectivity index (χ1) is 8.59. The lowest BCUT2D eigenvalue weighted by atomic mass is 10.3. The van der Waals surface area contributed by atoms with E-state index in [1.807, 2.05) is 0 Å². The molecule has 2 rings (SSSR count). The van der Waals surface area contributed by atoms with Gasteiger partial charge in [-0.15, -0.1) is 0 Å². The van der Waals surface area contributed by atoms with Crippen LogP contribution in [0.15, 0.2) is 36.4 Å². The molecule has 0 atom stereocenters.